The standard InChI is InChI=1S/C16H16OSi/c1-3-18-17-16(2,14-10-6-4-7-11-14)15-12-8-5-9-13-15/h1,4-13H,18H2,2H3. The van der Waals surface area contributed by atoms with Crippen LogP contribution in [0.15, 0.2) is 60.7 Å². The Morgan fingerprint density at radius 1 is 0.944 bits per heavy atom. The molecule has 90 valence electrons. The maximum Gasteiger partial charge on any atom is 0.242 e. The Kier molecular flexibility index (Phi) is 3.98. The van der Waals surface area contributed by atoms with Gasteiger partial charge >= 0.3 is 0 Å². The van der Waals surface area contributed by atoms with Gasteiger partial charge in [0.2, 0.25) is 9.76 Å². The lowest BCUT2D eigenvalue weighted by molar-refractivity contribution is 0.144. The molecule has 0 heterocycles. The van der Waals surface area contributed by atoms with E-state index < -0.39 is 15.4 Å². The van der Waals surface area contributed by atoms with Crippen molar-refractivity contribution in [2.75, 3.05) is 0 Å². The van der Waals surface area contributed by atoms with Gasteiger partial charge in [-0.2, -0.15) is 0 Å². The third kappa shape index (κ3) is 2.53. The molecule has 1 nitrogen and oxygen atoms in total. The molecule has 2 aromatic carbocycles. The summed E-state index contributed by atoms with van der Waals surface area (Å²) >= 11 is 0. The van der Waals surface area contributed by atoms with Crippen molar-refractivity contribution in [3.05, 3.63) is 71.8 Å². The summed E-state index contributed by atoms with van der Waals surface area (Å²) in [6, 6.07) is 20.4. The zero-order valence-electron chi connectivity index (χ0n) is 10.5. The highest BCUT2D eigenvalue weighted by atomic mass is 28.2. The molecule has 0 saturated carbocycles. The average Bonchev–Trinajstić information content (AvgIpc) is 2.46. The van der Waals surface area contributed by atoms with Crippen LogP contribution in [0.2, 0.25) is 0 Å². The van der Waals surface area contributed by atoms with E-state index in [0.717, 1.165) is 11.1 Å². The maximum atomic E-state index is 6.05. The van der Waals surface area contributed by atoms with Crippen LogP contribution in [0, 0.1) is 12.0 Å². The van der Waals surface area contributed by atoms with E-state index in [0.29, 0.717) is 0 Å². The third-order valence-electron chi connectivity index (χ3n) is 3.09. The SMILES string of the molecule is C#C[SiH2]OC(C)(c1ccccc1)c1ccccc1. The van der Waals surface area contributed by atoms with Crippen LogP contribution in [-0.4, -0.2) is 9.76 Å². The molecule has 0 aromatic heterocycles. The Balaban J connectivity index is 2.45. The average molecular weight is 252 g/mol. The molecule has 0 spiro atoms. The fourth-order valence-electron chi connectivity index (χ4n) is 2.03. The molecule has 0 atom stereocenters. The summed E-state index contributed by atoms with van der Waals surface area (Å²) in [4.78, 5) is 0. The van der Waals surface area contributed by atoms with Gasteiger partial charge in [-0.1, -0.05) is 60.7 Å². The van der Waals surface area contributed by atoms with E-state index in [1.807, 2.05) is 36.4 Å². The van der Waals surface area contributed by atoms with Gasteiger partial charge in [0, 0.05) is 0 Å². The maximum absolute atomic E-state index is 6.05. The number of hydrogen-bond acceptors (Lipinski definition) is 1. The Labute approximate surface area is 111 Å². The summed E-state index contributed by atoms with van der Waals surface area (Å²) in [6.45, 7) is 2.09. The molecule has 2 rings (SSSR count). The van der Waals surface area contributed by atoms with Gasteiger partial charge in [-0.15, -0.1) is 12.0 Å². The third-order valence-corrected chi connectivity index (χ3v) is 3.98. The van der Waals surface area contributed by atoms with Crippen molar-refractivity contribution in [2.45, 2.75) is 12.5 Å². The van der Waals surface area contributed by atoms with E-state index in [2.05, 4.69) is 36.7 Å². The van der Waals surface area contributed by atoms with Crippen molar-refractivity contribution in [1.29, 1.82) is 0 Å². The first-order valence-corrected chi connectivity index (χ1v) is 7.24. The largest absolute Gasteiger partial charge is 0.398 e. The van der Waals surface area contributed by atoms with Crippen LogP contribution in [0.25, 0.3) is 0 Å². The van der Waals surface area contributed by atoms with E-state index in [1.165, 1.54) is 0 Å². The summed E-state index contributed by atoms with van der Waals surface area (Å²) in [6.07, 6.45) is 5.38. The highest BCUT2D eigenvalue weighted by Crippen LogP contribution is 2.32. The van der Waals surface area contributed by atoms with Gasteiger partial charge in [0.05, 0.1) is 0 Å². The summed E-state index contributed by atoms with van der Waals surface area (Å²) in [7, 11) is -0.942. The van der Waals surface area contributed by atoms with Crippen LogP contribution in [0.4, 0.5) is 0 Å². The molecule has 0 N–H and O–H groups in total. The topological polar surface area (TPSA) is 9.23 Å². The Morgan fingerprint density at radius 2 is 1.39 bits per heavy atom. The second-order valence-corrected chi connectivity index (χ2v) is 5.24. The van der Waals surface area contributed by atoms with Crippen LogP contribution in [0.3, 0.4) is 0 Å². The molecule has 2 aromatic rings. The lowest BCUT2D eigenvalue weighted by Gasteiger charge is -2.31. The van der Waals surface area contributed by atoms with Crippen LogP contribution in [0.5, 0.6) is 0 Å². The zero-order chi connectivity index (χ0) is 12.8. The van der Waals surface area contributed by atoms with Gasteiger partial charge in [0.15, 0.2) is 0 Å². The molecular weight excluding hydrogens is 236 g/mol. The van der Waals surface area contributed by atoms with Crippen molar-refractivity contribution in [3.63, 3.8) is 0 Å². The summed E-state index contributed by atoms with van der Waals surface area (Å²) in [5, 5.41) is 0. The summed E-state index contributed by atoms with van der Waals surface area (Å²) < 4.78 is 6.05. The molecule has 0 saturated heterocycles. The molecule has 0 amide bonds. The monoisotopic (exact) mass is 252 g/mol. The first-order valence-electron chi connectivity index (χ1n) is 5.96. The second-order valence-electron chi connectivity index (χ2n) is 4.26. The number of terminal acetylenes is 1. The molecule has 0 aliphatic rings. The smallest absolute Gasteiger partial charge is 0.242 e. The fourth-order valence-corrected chi connectivity index (χ4v) is 2.74. The molecule has 18 heavy (non-hydrogen) atoms. The Morgan fingerprint density at radius 3 is 1.78 bits per heavy atom. The number of benzene rings is 2. The van der Waals surface area contributed by atoms with E-state index >= 15 is 0 Å². The predicted molar refractivity (Wildman–Crippen MR) is 77.8 cm³/mol. The van der Waals surface area contributed by atoms with Gasteiger partial charge in [-0.25, -0.2) is 0 Å². The van der Waals surface area contributed by atoms with Crippen LogP contribution >= 0.6 is 0 Å². The van der Waals surface area contributed by atoms with E-state index in [-0.39, 0.29) is 0 Å². The normalized spacial score (nSPS) is 11.6. The minimum absolute atomic E-state index is 0.443. The van der Waals surface area contributed by atoms with Crippen LogP contribution in [0.1, 0.15) is 18.1 Å². The highest BCUT2D eigenvalue weighted by Gasteiger charge is 2.28. The summed E-state index contributed by atoms with van der Waals surface area (Å²) in [5.74, 6) is 0. The Hall–Kier alpha value is -1.82. The lowest BCUT2D eigenvalue weighted by Crippen LogP contribution is -2.28. The molecule has 0 bridgehead atoms. The quantitative estimate of drug-likeness (QED) is 0.600. The van der Waals surface area contributed by atoms with Gasteiger partial charge in [-0.3, -0.25) is 0 Å². The van der Waals surface area contributed by atoms with Gasteiger partial charge in [-0.05, 0) is 18.1 Å². The Bertz CT molecular complexity index is 489. The van der Waals surface area contributed by atoms with Crippen molar-refractivity contribution in [3.8, 4) is 12.0 Å². The first kappa shape index (κ1) is 12.6. The van der Waals surface area contributed by atoms with Crippen LogP contribution < -0.4 is 0 Å². The molecule has 2 heteroatoms. The van der Waals surface area contributed by atoms with Crippen molar-refractivity contribution in [1.82, 2.24) is 0 Å². The molecule has 0 aliphatic heterocycles. The number of rotatable bonds is 4. The molecule has 0 aliphatic carbocycles. The van der Waals surface area contributed by atoms with Crippen molar-refractivity contribution in [2.24, 2.45) is 0 Å². The first-order chi connectivity index (χ1) is 8.77. The van der Waals surface area contributed by atoms with E-state index in [9.17, 15) is 0 Å². The highest BCUT2D eigenvalue weighted by molar-refractivity contribution is 6.38. The van der Waals surface area contributed by atoms with Gasteiger partial charge in [0.1, 0.15) is 5.60 Å². The minimum Gasteiger partial charge on any atom is -0.398 e. The fraction of sp³-hybridized carbons (Fsp3) is 0.125. The van der Waals surface area contributed by atoms with E-state index in [1.54, 1.807) is 0 Å². The molecule has 0 fully saturated rings. The minimum atomic E-state index is -0.942. The van der Waals surface area contributed by atoms with Crippen molar-refractivity contribution >= 4 is 9.76 Å². The second kappa shape index (κ2) is 5.68. The molecule has 0 radical (unpaired) electrons. The lowest BCUT2D eigenvalue weighted by atomic mass is 9.88. The number of hydrogen-bond donors (Lipinski definition) is 0. The zero-order valence-corrected chi connectivity index (χ0v) is 11.9. The molecule has 0 unspecified atom stereocenters. The van der Waals surface area contributed by atoms with Gasteiger partial charge in [0.25, 0.3) is 0 Å². The summed E-state index contributed by atoms with van der Waals surface area (Å²) in [5.41, 5.74) is 4.51. The van der Waals surface area contributed by atoms with E-state index in [4.69, 9.17) is 10.8 Å². The van der Waals surface area contributed by atoms with Crippen LogP contribution in [-0.2, 0) is 10.0 Å². The van der Waals surface area contributed by atoms with Gasteiger partial charge < -0.3 is 4.43 Å². The predicted octanol–water partition coefficient (Wildman–Crippen LogP) is 2.64. The van der Waals surface area contributed by atoms with Crippen molar-refractivity contribution < 1.29 is 4.43 Å². The molecular formula is C16H16OSi.